The van der Waals surface area contributed by atoms with Gasteiger partial charge in [-0.3, -0.25) is 0 Å². The van der Waals surface area contributed by atoms with Gasteiger partial charge in [0, 0.05) is 11.1 Å². The molecule has 2 fully saturated rings. The third-order valence-electron chi connectivity index (χ3n) is 6.93. The van der Waals surface area contributed by atoms with Gasteiger partial charge in [-0.25, -0.2) is 4.68 Å². The number of hydrogen-bond acceptors (Lipinski definition) is 3. The molecular weight excluding hydrogens is 344 g/mol. The first-order chi connectivity index (χ1) is 12.3. The van der Waals surface area contributed by atoms with E-state index in [-0.39, 0.29) is 5.41 Å². The highest BCUT2D eigenvalue weighted by Gasteiger charge is 2.59. The molecule has 2 atom stereocenters. The molecule has 1 heterocycles. The summed E-state index contributed by atoms with van der Waals surface area (Å²) in [5.41, 5.74) is 4.33. The van der Waals surface area contributed by atoms with Crippen LogP contribution in [0.4, 0.5) is 0 Å². The number of halogens is 1. The minimum absolute atomic E-state index is 0.169. The fourth-order valence-electron chi connectivity index (χ4n) is 4.63. The summed E-state index contributed by atoms with van der Waals surface area (Å²) in [6, 6.07) is 9.89. The molecule has 2 saturated carbocycles. The smallest absolute Gasteiger partial charge is 0.142 e. The topological polar surface area (TPSA) is 42.5 Å². The highest BCUT2D eigenvalue weighted by Crippen LogP contribution is 2.63. The second-order valence-corrected chi connectivity index (χ2v) is 8.68. The number of para-hydroxylation sites is 1. The standard InChI is InChI=1S/C21H25ClN4/c1-14-17(19(22)26(25-14)16-8-6-5-7-9-16)13-23-24-18-12-15-10-11-21(18,4)20(15,2)3/h5-9,13,15H,10-12H2,1-4H3. The van der Waals surface area contributed by atoms with Crippen molar-refractivity contribution in [2.24, 2.45) is 27.0 Å². The maximum absolute atomic E-state index is 6.56. The minimum atomic E-state index is 0.169. The largest absolute Gasteiger partial charge is 0.221 e. The second-order valence-electron chi connectivity index (χ2n) is 8.32. The Morgan fingerprint density at radius 1 is 1.23 bits per heavy atom. The Labute approximate surface area is 160 Å². The maximum Gasteiger partial charge on any atom is 0.142 e. The summed E-state index contributed by atoms with van der Waals surface area (Å²) in [7, 11) is 0. The molecule has 2 bridgehead atoms. The zero-order valence-electron chi connectivity index (χ0n) is 15.8. The number of rotatable bonds is 3. The molecular formula is C21H25ClN4. The monoisotopic (exact) mass is 368 g/mol. The summed E-state index contributed by atoms with van der Waals surface area (Å²) < 4.78 is 1.74. The van der Waals surface area contributed by atoms with E-state index in [1.165, 1.54) is 18.6 Å². The van der Waals surface area contributed by atoms with Gasteiger partial charge in [0.2, 0.25) is 0 Å². The molecule has 0 spiro atoms. The lowest BCUT2D eigenvalue weighted by atomic mass is 9.70. The Morgan fingerprint density at radius 2 is 1.96 bits per heavy atom. The van der Waals surface area contributed by atoms with Crippen LogP contribution in [0.1, 0.15) is 51.3 Å². The first kappa shape index (κ1) is 17.5. The van der Waals surface area contributed by atoms with Crippen LogP contribution < -0.4 is 0 Å². The van der Waals surface area contributed by atoms with E-state index in [9.17, 15) is 0 Å². The van der Waals surface area contributed by atoms with Crippen LogP contribution in [0.2, 0.25) is 5.15 Å². The molecule has 26 heavy (non-hydrogen) atoms. The lowest BCUT2D eigenvalue weighted by Crippen LogP contribution is -2.32. The second kappa shape index (κ2) is 6.05. The number of nitrogens with zero attached hydrogens (tertiary/aromatic N) is 4. The first-order valence-corrected chi connectivity index (χ1v) is 9.63. The van der Waals surface area contributed by atoms with Crippen molar-refractivity contribution in [2.45, 2.75) is 47.0 Å². The van der Waals surface area contributed by atoms with Crippen LogP contribution in [0.15, 0.2) is 40.5 Å². The van der Waals surface area contributed by atoms with Gasteiger partial charge in [-0.2, -0.15) is 15.3 Å². The highest BCUT2D eigenvalue weighted by atomic mass is 35.5. The molecule has 2 unspecified atom stereocenters. The average Bonchev–Trinajstić information content (AvgIpc) is 3.10. The molecule has 2 aliphatic carbocycles. The van der Waals surface area contributed by atoms with Gasteiger partial charge in [0.1, 0.15) is 5.15 Å². The first-order valence-electron chi connectivity index (χ1n) is 9.25. The summed E-state index contributed by atoms with van der Waals surface area (Å²) in [6.45, 7) is 9.05. The van der Waals surface area contributed by atoms with E-state index in [0.29, 0.717) is 10.6 Å². The van der Waals surface area contributed by atoms with Crippen molar-refractivity contribution in [3.05, 3.63) is 46.7 Å². The van der Waals surface area contributed by atoms with E-state index in [4.69, 9.17) is 11.6 Å². The summed E-state index contributed by atoms with van der Waals surface area (Å²) in [6.07, 6.45) is 5.34. The Kier molecular flexibility index (Phi) is 4.07. The van der Waals surface area contributed by atoms with Crippen LogP contribution in [0.3, 0.4) is 0 Å². The van der Waals surface area contributed by atoms with Crippen LogP contribution in [-0.2, 0) is 0 Å². The zero-order valence-corrected chi connectivity index (χ0v) is 16.6. The van der Waals surface area contributed by atoms with E-state index in [0.717, 1.165) is 29.3 Å². The lowest BCUT2D eigenvalue weighted by molar-refractivity contribution is 0.194. The van der Waals surface area contributed by atoms with Gasteiger partial charge in [-0.1, -0.05) is 50.6 Å². The summed E-state index contributed by atoms with van der Waals surface area (Å²) in [5, 5.41) is 14.1. The molecule has 5 heteroatoms. The Morgan fingerprint density at radius 3 is 2.58 bits per heavy atom. The molecule has 2 aliphatic rings. The fourth-order valence-corrected chi connectivity index (χ4v) is 4.95. The minimum Gasteiger partial charge on any atom is -0.221 e. The molecule has 1 aromatic heterocycles. The number of benzene rings is 1. The van der Waals surface area contributed by atoms with Gasteiger partial charge >= 0.3 is 0 Å². The van der Waals surface area contributed by atoms with Gasteiger partial charge in [-0.15, -0.1) is 0 Å². The van der Waals surface area contributed by atoms with Crippen LogP contribution >= 0.6 is 11.6 Å². The quantitative estimate of drug-likeness (QED) is 0.524. The molecule has 2 aromatic rings. The predicted octanol–water partition coefficient (Wildman–Crippen LogP) is 5.46. The molecule has 0 amide bonds. The SMILES string of the molecule is Cc1nn(-c2ccccc2)c(Cl)c1C=NN=C1CC2CCC1(C)C2(C)C. The lowest BCUT2D eigenvalue weighted by Gasteiger charge is -2.34. The van der Waals surface area contributed by atoms with E-state index in [1.54, 1.807) is 10.9 Å². The number of aryl methyl sites for hydroxylation is 1. The van der Waals surface area contributed by atoms with Crippen molar-refractivity contribution in [2.75, 3.05) is 0 Å². The average molecular weight is 369 g/mol. The van der Waals surface area contributed by atoms with Crippen LogP contribution in [0, 0.1) is 23.7 Å². The number of fused-ring (bicyclic) bond motifs is 2. The molecule has 0 saturated heterocycles. The van der Waals surface area contributed by atoms with Gasteiger partial charge in [-0.05, 0) is 49.7 Å². The molecule has 136 valence electrons. The van der Waals surface area contributed by atoms with Crippen LogP contribution in [0.5, 0.6) is 0 Å². The van der Waals surface area contributed by atoms with E-state index in [2.05, 4.69) is 36.1 Å². The van der Waals surface area contributed by atoms with E-state index in [1.807, 2.05) is 37.3 Å². The number of aromatic nitrogens is 2. The van der Waals surface area contributed by atoms with Crippen molar-refractivity contribution in [3.8, 4) is 5.69 Å². The predicted molar refractivity (Wildman–Crippen MR) is 108 cm³/mol. The third-order valence-corrected chi connectivity index (χ3v) is 7.29. The van der Waals surface area contributed by atoms with Gasteiger partial charge in [0.15, 0.2) is 0 Å². The molecule has 0 N–H and O–H groups in total. The molecule has 4 nitrogen and oxygen atoms in total. The Bertz CT molecular complexity index is 894. The third kappa shape index (κ3) is 2.46. The molecule has 1 aromatic carbocycles. The highest BCUT2D eigenvalue weighted by molar-refractivity contribution is 6.32. The maximum atomic E-state index is 6.56. The van der Waals surface area contributed by atoms with Crippen molar-refractivity contribution >= 4 is 23.5 Å². The van der Waals surface area contributed by atoms with Gasteiger partial charge < -0.3 is 0 Å². The summed E-state index contributed by atoms with van der Waals surface area (Å²) >= 11 is 6.56. The summed E-state index contributed by atoms with van der Waals surface area (Å²) in [4.78, 5) is 0. The summed E-state index contributed by atoms with van der Waals surface area (Å²) in [5.74, 6) is 0.729. The Hall–Kier alpha value is -1.94. The van der Waals surface area contributed by atoms with Crippen LogP contribution in [-0.4, -0.2) is 21.7 Å². The van der Waals surface area contributed by atoms with Crippen molar-refractivity contribution in [1.29, 1.82) is 0 Å². The molecule has 0 aliphatic heterocycles. The van der Waals surface area contributed by atoms with Gasteiger partial charge in [0.25, 0.3) is 0 Å². The number of hydrogen-bond donors (Lipinski definition) is 0. The van der Waals surface area contributed by atoms with E-state index < -0.39 is 0 Å². The van der Waals surface area contributed by atoms with E-state index >= 15 is 0 Å². The Balaban J connectivity index is 1.62. The fraction of sp³-hybridized carbons (Fsp3) is 0.476. The van der Waals surface area contributed by atoms with Crippen LogP contribution in [0.25, 0.3) is 5.69 Å². The zero-order chi connectivity index (χ0) is 18.5. The van der Waals surface area contributed by atoms with Crippen molar-refractivity contribution < 1.29 is 0 Å². The normalized spacial score (nSPS) is 28.5. The van der Waals surface area contributed by atoms with Gasteiger partial charge in [0.05, 0.1) is 23.2 Å². The van der Waals surface area contributed by atoms with Crippen molar-refractivity contribution in [1.82, 2.24) is 9.78 Å². The molecule has 0 radical (unpaired) electrons. The molecule has 4 rings (SSSR count). The van der Waals surface area contributed by atoms with Crippen molar-refractivity contribution in [3.63, 3.8) is 0 Å².